The number of quaternary nitrogens is 1. The highest BCUT2D eigenvalue weighted by molar-refractivity contribution is 6.68. The molecule has 0 saturated heterocycles. The van der Waals surface area contributed by atoms with Gasteiger partial charge in [0.25, 0.3) is 0 Å². The van der Waals surface area contributed by atoms with Crippen LogP contribution >= 0.6 is 34.8 Å². The first-order valence-corrected chi connectivity index (χ1v) is 9.19. The summed E-state index contributed by atoms with van der Waals surface area (Å²) >= 11 is 18.6. The van der Waals surface area contributed by atoms with Gasteiger partial charge in [-0.2, -0.15) is 0 Å². The predicted octanol–water partition coefficient (Wildman–Crippen LogP) is 4.19. The fraction of sp³-hybridized carbons (Fsp3) is 0.647. The van der Waals surface area contributed by atoms with Gasteiger partial charge in [-0.3, -0.25) is 0 Å². The third kappa shape index (κ3) is 5.85. The van der Waals surface area contributed by atoms with Crippen LogP contribution in [0, 0.1) is 0 Å². The van der Waals surface area contributed by atoms with Crippen molar-refractivity contribution >= 4 is 34.8 Å². The summed E-state index contributed by atoms with van der Waals surface area (Å²) in [4.78, 5) is 0. The van der Waals surface area contributed by atoms with E-state index in [1.165, 1.54) is 0 Å². The molecule has 0 heterocycles. The maximum Gasteiger partial charge on any atom is 0.209 e. The van der Waals surface area contributed by atoms with E-state index in [-0.39, 0.29) is 0 Å². The SMILES string of the molecule is CC[N+](C)(CC)CCNC(c1ccc(OC)c(OC)c1)C(Cl)(Cl)Cl. The van der Waals surface area contributed by atoms with Crippen LogP contribution in [0.5, 0.6) is 11.5 Å². The second-order valence-corrected chi connectivity index (χ2v) is 8.39. The van der Waals surface area contributed by atoms with E-state index in [9.17, 15) is 0 Å². The van der Waals surface area contributed by atoms with Crippen LogP contribution in [0.4, 0.5) is 0 Å². The Morgan fingerprint density at radius 1 is 1.08 bits per heavy atom. The highest BCUT2D eigenvalue weighted by Gasteiger charge is 2.34. The van der Waals surface area contributed by atoms with Gasteiger partial charge in [0.1, 0.15) is 0 Å². The van der Waals surface area contributed by atoms with Crippen molar-refractivity contribution in [3.63, 3.8) is 0 Å². The van der Waals surface area contributed by atoms with Crippen molar-refractivity contribution < 1.29 is 14.0 Å². The van der Waals surface area contributed by atoms with Gasteiger partial charge in [0.2, 0.25) is 3.79 Å². The molecule has 4 nitrogen and oxygen atoms in total. The number of nitrogens with zero attached hydrogens (tertiary/aromatic N) is 1. The minimum Gasteiger partial charge on any atom is -0.493 e. The number of alkyl halides is 3. The summed E-state index contributed by atoms with van der Waals surface area (Å²) in [6.07, 6.45) is 0. The van der Waals surface area contributed by atoms with Crippen LogP contribution in [0.15, 0.2) is 18.2 Å². The van der Waals surface area contributed by atoms with Gasteiger partial charge in [0.05, 0.1) is 46.9 Å². The monoisotopic (exact) mass is 397 g/mol. The molecule has 1 aromatic rings. The normalized spacial score (nSPS) is 13.7. The molecule has 0 aliphatic carbocycles. The van der Waals surface area contributed by atoms with Crippen molar-refractivity contribution in [1.82, 2.24) is 5.32 Å². The van der Waals surface area contributed by atoms with E-state index in [1.807, 2.05) is 18.2 Å². The van der Waals surface area contributed by atoms with Gasteiger partial charge in [0, 0.05) is 6.54 Å². The van der Waals surface area contributed by atoms with E-state index < -0.39 is 9.83 Å². The van der Waals surface area contributed by atoms with Crippen molar-refractivity contribution in [2.45, 2.75) is 23.7 Å². The molecule has 1 aromatic carbocycles. The molecular formula is C17H28Cl3N2O2+. The molecule has 0 aliphatic heterocycles. The van der Waals surface area contributed by atoms with Crippen LogP contribution < -0.4 is 14.8 Å². The zero-order chi connectivity index (χ0) is 18.4. The number of benzene rings is 1. The predicted molar refractivity (Wildman–Crippen MR) is 103 cm³/mol. The molecular weight excluding hydrogens is 371 g/mol. The zero-order valence-electron chi connectivity index (χ0n) is 15.0. The molecule has 7 heteroatoms. The second kappa shape index (κ2) is 9.35. The lowest BCUT2D eigenvalue weighted by Gasteiger charge is -2.34. The van der Waals surface area contributed by atoms with E-state index in [0.717, 1.165) is 36.2 Å². The smallest absolute Gasteiger partial charge is 0.209 e. The molecule has 24 heavy (non-hydrogen) atoms. The molecule has 0 fully saturated rings. The van der Waals surface area contributed by atoms with Crippen LogP contribution in [-0.2, 0) is 0 Å². The third-order valence-corrected chi connectivity index (χ3v) is 5.25. The summed E-state index contributed by atoms with van der Waals surface area (Å²) < 4.78 is 10.1. The summed E-state index contributed by atoms with van der Waals surface area (Å²) in [5.74, 6) is 1.25. The molecule has 0 bridgehead atoms. The van der Waals surface area contributed by atoms with E-state index in [4.69, 9.17) is 44.3 Å². The van der Waals surface area contributed by atoms with Crippen LogP contribution in [0.2, 0.25) is 0 Å². The largest absolute Gasteiger partial charge is 0.493 e. The number of ether oxygens (including phenoxy) is 2. The molecule has 138 valence electrons. The Kier molecular flexibility index (Phi) is 8.43. The fourth-order valence-corrected chi connectivity index (χ4v) is 3.08. The Balaban J connectivity index is 2.95. The van der Waals surface area contributed by atoms with Crippen molar-refractivity contribution in [3.05, 3.63) is 23.8 Å². The number of hydrogen-bond donors (Lipinski definition) is 1. The van der Waals surface area contributed by atoms with Crippen molar-refractivity contribution in [2.75, 3.05) is 47.4 Å². The first kappa shape index (κ1) is 21.7. The highest BCUT2D eigenvalue weighted by atomic mass is 35.6. The standard InChI is InChI=1S/C17H28Cl3N2O2/c1-6-22(3,7-2)11-10-21-16(17(18,19)20)13-8-9-14(23-4)15(12-13)24-5/h8-9,12,16,21H,6-7,10-11H2,1-5H3/q+1. The van der Waals surface area contributed by atoms with Gasteiger partial charge in [-0.1, -0.05) is 40.9 Å². The Bertz CT molecular complexity index is 517. The van der Waals surface area contributed by atoms with Crippen molar-refractivity contribution in [3.8, 4) is 11.5 Å². The van der Waals surface area contributed by atoms with Gasteiger partial charge in [-0.25, -0.2) is 0 Å². The van der Waals surface area contributed by atoms with Crippen molar-refractivity contribution in [1.29, 1.82) is 0 Å². The maximum absolute atomic E-state index is 6.21. The van der Waals surface area contributed by atoms with Gasteiger partial charge >= 0.3 is 0 Å². The fourth-order valence-electron chi connectivity index (χ4n) is 2.47. The lowest BCUT2D eigenvalue weighted by molar-refractivity contribution is -0.905. The quantitative estimate of drug-likeness (QED) is 0.500. The Morgan fingerprint density at radius 2 is 1.67 bits per heavy atom. The highest BCUT2D eigenvalue weighted by Crippen LogP contribution is 2.41. The average Bonchev–Trinajstić information content (AvgIpc) is 2.56. The summed E-state index contributed by atoms with van der Waals surface area (Å²) in [7, 11) is 5.41. The van der Waals surface area contributed by atoms with Crippen LogP contribution in [0.3, 0.4) is 0 Å². The molecule has 0 amide bonds. The summed E-state index contributed by atoms with van der Waals surface area (Å²) in [6, 6.07) is 5.10. The minimum atomic E-state index is -1.47. The maximum atomic E-state index is 6.21. The molecule has 1 N–H and O–H groups in total. The van der Waals surface area contributed by atoms with Gasteiger partial charge < -0.3 is 19.3 Å². The number of nitrogens with one attached hydrogen (secondary N) is 1. The average molecular weight is 399 g/mol. The number of methoxy groups -OCH3 is 2. The molecule has 0 saturated carbocycles. The molecule has 0 spiro atoms. The van der Waals surface area contributed by atoms with E-state index in [2.05, 4.69) is 26.2 Å². The van der Waals surface area contributed by atoms with Crippen LogP contribution in [0.1, 0.15) is 25.5 Å². The molecule has 0 radical (unpaired) electrons. The van der Waals surface area contributed by atoms with Crippen LogP contribution in [-0.4, -0.2) is 55.7 Å². The second-order valence-electron chi connectivity index (χ2n) is 6.02. The van der Waals surface area contributed by atoms with E-state index in [0.29, 0.717) is 11.5 Å². The molecule has 1 unspecified atom stereocenters. The third-order valence-electron chi connectivity index (χ3n) is 4.60. The lowest BCUT2D eigenvalue weighted by atomic mass is 10.1. The van der Waals surface area contributed by atoms with Crippen LogP contribution in [0.25, 0.3) is 0 Å². The Labute approximate surface area is 160 Å². The zero-order valence-corrected chi connectivity index (χ0v) is 17.3. The number of halogens is 3. The summed E-state index contributed by atoms with van der Waals surface area (Å²) in [5, 5.41) is 3.38. The first-order chi connectivity index (χ1) is 11.2. The van der Waals surface area contributed by atoms with Crippen molar-refractivity contribution in [2.24, 2.45) is 0 Å². The Hall–Kier alpha value is -0.390. The number of rotatable bonds is 9. The summed E-state index contributed by atoms with van der Waals surface area (Å²) in [5.41, 5.74) is 0.842. The first-order valence-electron chi connectivity index (χ1n) is 8.06. The lowest BCUT2D eigenvalue weighted by Crippen LogP contribution is -2.48. The van der Waals surface area contributed by atoms with Gasteiger partial charge in [-0.15, -0.1) is 0 Å². The Morgan fingerprint density at radius 3 is 2.12 bits per heavy atom. The molecule has 1 atom stereocenters. The molecule has 0 aromatic heterocycles. The van der Waals surface area contributed by atoms with Gasteiger partial charge in [0.15, 0.2) is 11.5 Å². The number of likely N-dealkylation sites (N-methyl/N-ethyl adjacent to an activating group) is 1. The van der Waals surface area contributed by atoms with E-state index >= 15 is 0 Å². The number of hydrogen-bond acceptors (Lipinski definition) is 3. The summed E-state index contributed by atoms with van der Waals surface area (Å²) in [6.45, 7) is 8.19. The van der Waals surface area contributed by atoms with E-state index in [1.54, 1.807) is 14.2 Å². The molecule has 1 rings (SSSR count). The topological polar surface area (TPSA) is 30.5 Å². The minimum absolute atomic E-state index is 0.440. The van der Waals surface area contributed by atoms with Gasteiger partial charge in [-0.05, 0) is 31.5 Å². The molecule has 0 aliphatic rings.